The van der Waals surface area contributed by atoms with Gasteiger partial charge in [-0.1, -0.05) is 0 Å². The number of carbonyl (C=O) groups excluding carboxylic acids is 2. The maximum atomic E-state index is 13.5. The minimum absolute atomic E-state index is 0.0411. The van der Waals surface area contributed by atoms with E-state index in [0.29, 0.717) is 30.5 Å². The average molecular weight is 561 g/mol. The van der Waals surface area contributed by atoms with Crippen LogP contribution in [0.15, 0.2) is 66.3 Å². The SMILES string of the molecule is CC(=O)N1CC(Oc2ccc(N3CCC[C@@H]3c3csc(NC(=O)c4cccn4Cc4ccnc(F)c4)n3)cc2)C1. The monoisotopic (exact) mass is 560 g/mol. The molecule has 0 aliphatic carbocycles. The first-order valence-electron chi connectivity index (χ1n) is 13.2. The van der Waals surface area contributed by atoms with Crippen molar-refractivity contribution in [2.45, 2.75) is 38.5 Å². The summed E-state index contributed by atoms with van der Waals surface area (Å²) in [7, 11) is 0. The Labute approximate surface area is 235 Å². The van der Waals surface area contributed by atoms with Crippen LogP contribution in [-0.2, 0) is 11.3 Å². The van der Waals surface area contributed by atoms with Crippen LogP contribution in [0.4, 0.5) is 15.2 Å². The average Bonchev–Trinajstić information content (AvgIpc) is 3.67. The molecule has 2 aliphatic rings. The van der Waals surface area contributed by atoms with Crippen molar-refractivity contribution in [2.75, 3.05) is 29.9 Å². The van der Waals surface area contributed by atoms with E-state index in [2.05, 4.69) is 27.3 Å². The Morgan fingerprint density at radius 3 is 2.77 bits per heavy atom. The number of pyridine rings is 1. The second kappa shape index (κ2) is 11.1. The van der Waals surface area contributed by atoms with Crippen molar-refractivity contribution in [3.8, 4) is 5.75 Å². The largest absolute Gasteiger partial charge is 0.487 e. The molecule has 1 atom stereocenters. The van der Waals surface area contributed by atoms with E-state index in [4.69, 9.17) is 9.72 Å². The molecule has 0 radical (unpaired) electrons. The van der Waals surface area contributed by atoms with Gasteiger partial charge in [0.15, 0.2) is 5.13 Å². The number of nitrogens with one attached hydrogen (secondary N) is 1. The minimum atomic E-state index is -0.549. The maximum Gasteiger partial charge on any atom is 0.274 e. The molecule has 9 nitrogen and oxygen atoms in total. The van der Waals surface area contributed by atoms with Gasteiger partial charge in [-0.05, 0) is 66.9 Å². The number of likely N-dealkylation sites (tertiary alicyclic amines) is 1. The molecule has 1 aromatic carbocycles. The Kier molecular flexibility index (Phi) is 7.21. The summed E-state index contributed by atoms with van der Waals surface area (Å²) in [4.78, 5) is 36.9. The second-order valence-electron chi connectivity index (χ2n) is 10.0. The summed E-state index contributed by atoms with van der Waals surface area (Å²) in [6, 6.07) is 14.8. The fraction of sp³-hybridized carbons (Fsp3) is 0.310. The Morgan fingerprint density at radius 2 is 2.00 bits per heavy atom. The van der Waals surface area contributed by atoms with E-state index in [1.165, 1.54) is 23.6 Å². The van der Waals surface area contributed by atoms with E-state index in [1.807, 2.05) is 17.5 Å². The molecule has 0 bridgehead atoms. The third-order valence-corrected chi connectivity index (χ3v) is 8.08. The van der Waals surface area contributed by atoms with Gasteiger partial charge in [-0.2, -0.15) is 4.39 Å². The zero-order valence-electron chi connectivity index (χ0n) is 22.0. The maximum absolute atomic E-state index is 13.5. The molecule has 2 fully saturated rings. The van der Waals surface area contributed by atoms with Gasteiger partial charge in [-0.15, -0.1) is 11.3 Å². The molecule has 2 aliphatic heterocycles. The Hall–Kier alpha value is -4.25. The van der Waals surface area contributed by atoms with Crippen molar-refractivity contribution in [2.24, 2.45) is 0 Å². The lowest BCUT2D eigenvalue weighted by Gasteiger charge is -2.38. The quantitative estimate of drug-likeness (QED) is 0.313. The van der Waals surface area contributed by atoms with Crippen LogP contribution >= 0.6 is 11.3 Å². The van der Waals surface area contributed by atoms with Gasteiger partial charge in [0, 0.05) is 43.5 Å². The molecule has 2 saturated heterocycles. The number of hydrogen-bond acceptors (Lipinski definition) is 7. The van der Waals surface area contributed by atoms with Crippen molar-refractivity contribution < 1.29 is 18.7 Å². The first-order valence-corrected chi connectivity index (χ1v) is 14.1. The first kappa shape index (κ1) is 26.0. The highest BCUT2D eigenvalue weighted by molar-refractivity contribution is 7.14. The van der Waals surface area contributed by atoms with E-state index in [-0.39, 0.29) is 24.0 Å². The lowest BCUT2D eigenvalue weighted by Crippen LogP contribution is -2.55. The summed E-state index contributed by atoms with van der Waals surface area (Å²) in [6.07, 6.45) is 5.27. The third kappa shape index (κ3) is 5.55. The van der Waals surface area contributed by atoms with Gasteiger partial charge in [-0.25, -0.2) is 9.97 Å². The van der Waals surface area contributed by atoms with Crippen molar-refractivity contribution in [3.63, 3.8) is 0 Å². The minimum Gasteiger partial charge on any atom is -0.487 e. The summed E-state index contributed by atoms with van der Waals surface area (Å²) >= 11 is 1.41. The highest BCUT2D eigenvalue weighted by Gasteiger charge is 2.31. The van der Waals surface area contributed by atoms with E-state index in [0.717, 1.165) is 42.1 Å². The number of anilines is 2. The summed E-state index contributed by atoms with van der Waals surface area (Å²) in [5.74, 6) is 0.0582. The summed E-state index contributed by atoms with van der Waals surface area (Å²) < 4.78 is 21.3. The Bertz CT molecular complexity index is 1510. The summed E-state index contributed by atoms with van der Waals surface area (Å²) in [6.45, 7) is 4.11. The topological polar surface area (TPSA) is 92.6 Å². The van der Waals surface area contributed by atoms with Gasteiger partial charge in [0.05, 0.1) is 24.8 Å². The van der Waals surface area contributed by atoms with E-state index in [9.17, 15) is 14.0 Å². The van der Waals surface area contributed by atoms with Crippen molar-refractivity contribution in [3.05, 3.63) is 89.2 Å². The standard InChI is InChI=1S/C29H29FN6O3S/c1-19(37)35-16-23(17-35)39-22-8-6-21(7-9-22)36-13-3-4-25(36)24-18-40-29(32-24)33-28(38)26-5-2-12-34(26)15-20-10-11-31-27(30)14-20/h2,5-12,14,18,23,25H,3-4,13,15-17H2,1H3,(H,32,33,38)/t25-/m1/s1. The molecular formula is C29H29FN6O3S. The number of aromatic nitrogens is 3. The first-order chi connectivity index (χ1) is 19.4. The molecule has 0 saturated carbocycles. The van der Waals surface area contributed by atoms with Crippen LogP contribution < -0.4 is 15.0 Å². The Balaban J connectivity index is 1.08. The smallest absolute Gasteiger partial charge is 0.274 e. The van der Waals surface area contributed by atoms with Crippen molar-refractivity contribution in [1.29, 1.82) is 0 Å². The van der Waals surface area contributed by atoms with Gasteiger partial charge in [0.1, 0.15) is 17.5 Å². The molecule has 40 heavy (non-hydrogen) atoms. The van der Waals surface area contributed by atoms with Crippen LogP contribution in [0.2, 0.25) is 0 Å². The number of ether oxygens (including phenoxy) is 1. The lowest BCUT2D eigenvalue weighted by molar-refractivity contribution is -0.137. The van der Waals surface area contributed by atoms with Gasteiger partial charge in [-0.3, -0.25) is 14.9 Å². The van der Waals surface area contributed by atoms with E-state index < -0.39 is 5.95 Å². The van der Waals surface area contributed by atoms with Crippen molar-refractivity contribution in [1.82, 2.24) is 19.4 Å². The zero-order chi connectivity index (χ0) is 27.6. The third-order valence-electron chi connectivity index (χ3n) is 7.31. The Morgan fingerprint density at radius 1 is 1.18 bits per heavy atom. The van der Waals surface area contributed by atoms with E-state index in [1.54, 1.807) is 40.8 Å². The van der Waals surface area contributed by atoms with Crippen molar-refractivity contribution >= 4 is 34.0 Å². The number of carbonyl (C=O) groups is 2. The molecule has 11 heteroatoms. The predicted molar refractivity (Wildman–Crippen MR) is 150 cm³/mol. The number of benzene rings is 1. The van der Waals surface area contributed by atoms with Gasteiger partial charge in [0.2, 0.25) is 11.9 Å². The predicted octanol–water partition coefficient (Wildman–Crippen LogP) is 4.73. The number of thiazole rings is 1. The molecular weight excluding hydrogens is 531 g/mol. The fourth-order valence-electron chi connectivity index (χ4n) is 5.22. The highest BCUT2D eigenvalue weighted by Crippen LogP contribution is 2.38. The molecule has 1 N–H and O–H groups in total. The zero-order valence-corrected chi connectivity index (χ0v) is 22.8. The molecule has 4 aromatic rings. The number of halogens is 1. The normalized spacial score (nSPS) is 17.1. The number of rotatable bonds is 8. The molecule has 3 aromatic heterocycles. The lowest BCUT2D eigenvalue weighted by atomic mass is 10.1. The molecule has 6 rings (SSSR count). The van der Waals surface area contributed by atoms with Crippen LogP contribution in [0.25, 0.3) is 0 Å². The molecule has 206 valence electrons. The molecule has 5 heterocycles. The summed E-state index contributed by atoms with van der Waals surface area (Å²) in [5, 5.41) is 5.48. The second-order valence-corrected chi connectivity index (χ2v) is 10.9. The molecule has 2 amide bonds. The van der Waals surface area contributed by atoms with E-state index >= 15 is 0 Å². The number of amides is 2. The van der Waals surface area contributed by atoms with Crippen LogP contribution in [0.5, 0.6) is 5.75 Å². The van der Waals surface area contributed by atoms with Gasteiger partial charge < -0.3 is 19.1 Å². The highest BCUT2D eigenvalue weighted by atomic mass is 32.1. The number of hydrogen-bond donors (Lipinski definition) is 1. The van der Waals surface area contributed by atoms with Gasteiger partial charge >= 0.3 is 0 Å². The van der Waals surface area contributed by atoms with Crippen LogP contribution in [0, 0.1) is 5.95 Å². The van der Waals surface area contributed by atoms with Gasteiger partial charge in [0.25, 0.3) is 5.91 Å². The fourth-order valence-corrected chi connectivity index (χ4v) is 5.97. The van der Waals surface area contributed by atoms with Crippen LogP contribution in [-0.4, -0.2) is 57.0 Å². The van der Waals surface area contributed by atoms with Crippen LogP contribution in [0.3, 0.4) is 0 Å². The van der Waals surface area contributed by atoms with Crippen LogP contribution in [0.1, 0.15) is 47.6 Å². The summed E-state index contributed by atoms with van der Waals surface area (Å²) in [5.41, 5.74) is 3.21. The number of nitrogens with zero attached hydrogens (tertiary/aromatic N) is 5. The molecule has 0 spiro atoms. The molecule has 0 unspecified atom stereocenters.